The summed E-state index contributed by atoms with van der Waals surface area (Å²) in [6.07, 6.45) is 1.37. The van der Waals surface area contributed by atoms with E-state index in [2.05, 4.69) is 16.8 Å². The second-order valence-corrected chi connectivity index (χ2v) is 5.53. The first kappa shape index (κ1) is 20.3. The van der Waals surface area contributed by atoms with Crippen LogP contribution in [0.5, 0.6) is 11.6 Å². The molecule has 1 heterocycles. The zero-order valence-corrected chi connectivity index (χ0v) is 15.2. The lowest BCUT2D eigenvalue weighted by Gasteiger charge is -2.11. The highest BCUT2D eigenvalue weighted by molar-refractivity contribution is 5.61. The van der Waals surface area contributed by atoms with Gasteiger partial charge in [-0.15, -0.1) is 16.8 Å². The van der Waals surface area contributed by atoms with Gasteiger partial charge in [0.1, 0.15) is 17.4 Å². The maximum atomic E-state index is 12.6. The van der Waals surface area contributed by atoms with E-state index in [1.165, 1.54) is 31.2 Å². The van der Waals surface area contributed by atoms with Gasteiger partial charge in [-0.3, -0.25) is 19.5 Å². The molecule has 0 amide bonds. The van der Waals surface area contributed by atoms with Crippen LogP contribution < -0.4 is 10.3 Å². The van der Waals surface area contributed by atoms with Gasteiger partial charge in [0.15, 0.2) is 11.4 Å². The van der Waals surface area contributed by atoms with Gasteiger partial charge < -0.3 is 9.84 Å². The Hall–Kier alpha value is -4.00. The van der Waals surface area contributed by atoms with Gasteiger partial charge in [0.05, 0.1) is 17.6 Å². The van der Waals surface area contributed by atoms with Crippen LogP contribution in [0.15, 0.2) is 45.9 Å². The van der Waals surface area contributed by atoms with E-state index in [4.69, 9.17) is 4.74 Å². The van der Waals surface area contributed by atoms with Crippen LogP contribution >= 0.6 is 0 Å². The van der Waals surface area contributed by atoms with Gasteiger partial charge in [0.25, 0.3) is 11.2 Å². The van der Waals surface area contributed by atoms with Crippen LogP contribution in [0.1, 0.15) is 18.1 Å². The maximum absolute atomic E-state index is 12.6. The molecule has 0 atom stereocenters. The van der Waals surface area contributed by atoms with Crippen molar-refractivity contribution in [2.45, 2.75) is 20.4 Å². The van der Waals surface area contributed by atoms with Gasteiger partial charge in [-0.25, -0.2) is 0 Å². The fraction of sp³-hybridized carbons (Fsp3) is 0.222. The van der Waals surface area contributed by atoms with Gasteiger partial charge in [0, 0.05) is 12.1 Å². The van der Waals surface area contributed by atoms with Crippen molar-refractivity contribution in [1.82, 2.24) is 4.57 Å². The van der Waals surface area contributed by atoms with E-state index < -0.39 is 16.4 Å². The highest BCUT2D eigenvalue weighted by Crippen LogP contribution is 2.33. The van der Waals surface area contributed by atoms with Gasteiger partial charge in [0.2, 0.25) is 5.88 Å². The molecule has 0 aliphatic heterocycles. The van der Waals surface area contributed by atoms with Crippen molar-refractivity contribution in [1.29, 1.82) is 5.26 Å². The van der Waals surface area contributed by atoms with Crippen LogP contribution in [0.4, 0.5) is 17.1 Å². The zero-order chi connectivity index (χ0) is 20.8. The van der Waals surface area contributed by atoms with Gasteiger partial charge in [-0.1, -0.05) is 6.08 Å². The summed E-state index contributed by atoms with van der Waals surface area (Å²) in [5, 5.41) is 38.3. The van der Waals surface area contributed by atoms with Crippen LogP contribution in [0.2, 0.25) is 0 Å². The molecule has 2 aromatic rings. The second-order valence-electron chi connectivity index (χ2n) is 5.53. The molecule has 0 radical (unpaired) electrons. The van der Waals surface area contributed by atoms with Gasteiger partial charge >= 0.3 is 0 Å². The van der Waals surface area contributed by atoms with Crippen molar-refractivity contribution in [3.8, 4) is 17.7 Å². The van der Waals surface area contributed by atoms with E-state index in [1.54, 1.807) is 6.92 Å². The van der Waals surface area contributed by atoms with Gasteiger partial charge in [-0.2, -0.15) is 5.26 Å². The first-order chi connectivity index (χ1) is 13.3. The number of pyridine rings is 1. The quantitative estimate of drug-likeness (QED) is 0.334. The molecule has 10 heteroatoms. The molecule has 144 valence electrons. The Bertz CT molecular complexity index is 1070. The highest BCUT2D eigenvalue weighted by atomic mass is 16.6. The molecule has 1 aromatic heterocycles. The summed E-state index contributed by atoms with van der Waals surface area (Å²) in [6, 6.07) is 5.85. The summed E-state index contributed by atoms with van der Waals surface area (Å²) in [5.74, 6) is -0.204. The first-order valence-electron chi connectivity index (χ1n) is 8.16. The number of hydrogen-bond acceptors (Lipinski definition) is 8. The molecule has 0 saturated carbocycles. The number of nitro groups is 1. The number of azo groups is 1. The standard InChI is InChI=1S/C18H17N5O5/c1-4-8-22-17(24)13(10-19)11(3)16(18(22)25)21-20-14-7-6-12(28-5-2)9-15(14)23(26)27/h4,6-7,9,24H,1,5,8H2,2-3H3. The third kappa shape index (κ3) is 3.88. The highest BCUT2D eigenvalue weighted by Gasteiger charge is 2.20. The minimum absolute atomic E-state index is 0.0502. The lowest BCUT2D eigenvalue weighted by molar-refractivity contribution is -0.384. The molecule has 1 aromatic carbocycles. The molecule has 0 bridgehead atoms. The SMILES string of the molecule is C=CCn1c(O)c(C#N)c(C)c(N=Nc2ccc(OCC)cc2[N+](=O)[O-])c1=O. The lowest BCUT2D eigenvalue weighted by atomic mass is 10.1. The Labute approximate surface area is 159 Å². The van der Waals surface area contributed by atoms with E-state index >= 15 is 0 Å². The number of nitriles is 1. The number of allylic oxidation sites excluding steroid dienone is 1. The Morgan fingerprint density at radius 3 is 2.75 bits per heavy atom. The minimum Gasteiger partial charge on any atom is -0.494 e. The normalized spacial score (nSPS) is 10.6. The molecule has 0 spiro atoms. The predicted molar refractivity (Wildman–Crippen MR) is 100 cm³/mol. The first-order valence-corrected chi connectivity index (χ1v) is 8.16. The zero-order valence-electron chi connectivity index (χ0n) is 15.2. The molecule has 0 unspecified atom stereocenters. The number of benzene rings is 1. The summed E-state index contributed by atoms with van der Waals surface area (Å²) in [6.45, 7) is 6.96. The molecule has 2 rings (SSSR count). The van der Waals surface area contributed by atoms with Crippen molar-refractivity contribution in [2.24, 2.45) is 10.2 Å². The fourth-order valence-electron chi connectivity index (χ4n) is 2.45. The average molecular weight is 383 g/mol. The fourth-order valence-corrected chi connectivity index (χ4v) is 2.45. The number of rotatable bonds is 7. The number of nitro benzene ring substituents is 1. The Kier molecular flexibility index (Phi) is 6.23. The average Bonchev–Trinajstić information content (AvgIpc) is 2.66. The smallest absolute Gasteiger partial charge is 0.300 e. The minimum atomic E-state index is -0.703. The maximum Gasteiger partial charge on any atom is 0.300 e. The summed E-state index contributed by atoms with van der Waals surface area (Å²) in [7, 11) is 0. The van der Waals surface area contributed by atoms with Crippen molar-refractivity contribution < 1.29 is 14.8 Å². The van der Waals surface area contributed by atoms with Gasteiger partial charge in [-0.05, 0) is 26.0 Å². The van der Waals surface area contributed by atoms with Crippen LogP contribution in [0.25, 0.3) is 0 Å². The van der Waals surface area contributed by atoms with Crippen LogP contribution in [-0.4, -0.2) is 21.2 Å². The van der Waals surface area contributed by atoms with Crippen molar-refractivity contribution >= 4 is 17.1 Å². The predicted octanol–water partition coefficient (Wildman–Crippen LogP) is 3.64. The summed E-state index contributed by atoms with van der Waals surface area (Å²) in [4.78, 5) is 23.2. The molecule has 28 heavy (non-hydrogen) atoms. The summed E-state index contributed by atoms with van der Waals surface area (Å²) < 4.78 is 6.15. The molecular formula is C18H17N5O5. The molecule has 0 saturated heterocycles. The van der Waals surface area contributed by atoms with E-state index in [-0.39, 0.29) is 34.7 Å². The monoisotopic (exact) mass is 383 g/mol. The number of hydrogen-bond donors (Lipinski definition) is 1. The van der Waals surface area contributed by atoms with Crippen LogP contribution in [0.3, 0.4) is 0 Å². The Balaban J connectivity index is 2.63. The van der Waals surface area contributed by atoms with Crippen LogP contribution in [-0.2, 0) is 6.54 Å². The van der Waals surface area contributed by atoms with Crippen molar-refractivity contribution in [3.63, 3.8) is 0 Å². The topological polar surface area (TPSA) is 143 Å². The molecule has 10 nitrogen and oxygen atoms in total. The molecule has 1 N–H and O–H groups in total. The van der Waals surface area contributed by atoms with E-state index in [1.807, 2.05) is 6.07 Å². The largest absolute Gasteiger partial charge is 0.494 e. The number of aromatic nitrogens is 1. The van der Waals surface area contributed by atoms with Crippen molar-refractivity contribution in [2.75, 3.05) is 6.61 Å². The summed E-state index contributed by atoms with van der Waals surface area (Å²) in [5.41, 5.74) is -1.38. The van der Waals surface area contributed by atoms with Crippen molar-refractivity contribution in [3.05, 3.63) is 62.4 Å². The second kappa shape index (κ2) is 8.59. The number of aromatic hydroxyl groups is 1. The van der Waals surface area contributed by atoms with Crippen LogP contribution in [0, 0.1) is 28.4 Å². The Morgan fingerprint density at radius 1 is 1.46 bits per heavy atom. The summed E-state index contributed by atoms with van der Waals surface area (Å²) >= 11 is 0. The lowest BCUT2D eigenvalue weighted by Crippen LogP contribution is -2.21. The van der Waals surface area contributed by atoms with E-state index in [0.29, 0.717) is 12.4 Å². The Morgan fingerprint density at radius 2 is 2.18 bits per heavy atom. The third-order valence-corrected chi connectivity index (χ3v) is 3.79. The van der Waals surface area contributed by atoms with E-state index in [9.17, 15) is 25.3 Å². The molecule has 0 fully saturated rings. The number of nitrogens with zero attached hydrogens (tertiary/aromatic N) is 5. The molecular weight excluding hydrogens is 366 g/mol. The molecule has 0 aliphatic rings. The molecule has 0 aliphatic carbocycles. The third-order valence-electron chi connectivity index (χ3n) is 3.79. The number of ether oxygens (including phenoxy) is 1. The van der Waals surface area contributed by atoms with E-state index in [0.717, 1.165) is 4.57 Å².